The van der Waals surface area contributed by atoms with Gasteiger partial charge < -0.3 is 9.47 Å². The van der Waals surface area contributed by atoms with E-state index in [2.05, 4.69) is 62.1 Å². The van der Waals surface area contributed by atoms with Gasteiger partial charge in [-0.15, -0.1) is 39.5 Å². The van der Waals surface area contributed by atoms with Gasteiger partial charge in [0, 0.05) is 11.1 Å². The normalized spacial score (nSPS) is 6.90. The molecular formula is C16H26O4. The summed E-state index contributed by atoms with van der Waals surface area (Å²) in [7, 11) is 0. The number of hydrogen-bond donors (Lipinski definition) is 0. The number of esters is 2. The second-order valence-corrected chi connectivity index (χ2v) is 2.83. The minimum Gasteiger partial charge on any atom is -0.459 e. The van der Waals surface area contributed by atoms with Gasteiger partial charge in [-0.2, -0.15) is 0 Å². The van der Waals surface area contributed by atoms with E-state index in [4.69, 9.17) is 0 Å². The molecule has 0 saturated carbocycles. The average Bonchev–Trinajstić information content (AvgIpc) is 2.49. The van der Waals surface area contributed by atoms with Gasteiger partial charge in [0.05, 0.1) is 0 Å². The van der Waals surface area contributed by atoms with Gasteiger partial charge in [-0.3, -0.25) is 0 Å². The molecular weight excluding hydrogens is 256 g/mol. The van der Waals surface area contributed by atoms with Crippen LogP contribution < -0.4 is 0 Å². The number of hydrogen-bond acceptors (Lipinski definition) is 4. The first kappa shape index (κ1) is 26.3. The van der Waals surface area contributed by atoms with Gasteiger partial charge in [0.2, 0.25) is 0 Å². The van der Waals surface area contributed by atoms with Crippen LogP contribution in [-0.2, 0) is 19.1 Å². The zero-order valence-corrected chi connectivity index (χ0v) is 12.7. The van der Waals surface area contributed by atoms with Crippen molar-refractivity contribution in [3.63, 3.8) is 0 Å². The molecule has 114 valence electrons. The monoisotopic (exact) mass is 282 g/mol. The Kier molecular flexibility index (Phi) is 28.7. The predicted molar refractivity (Wildman–Crippen MR) is 85.3 cm³/mol. The summed E-state index contributed by atoms with van der Waals surface area (Å²) in [6.07, 6.45) is 0. The number of ether oxygens (including phenoxy) is 2. The molecule has 4 nitrogen and oxygen atoms in total. The predicted octanol–water partition coefficient (Wildman–Crippen LogP) is 3.63. The Hall–Kier alpha value is -2.36. The van der Waals surface area contributed by atoms with Crippen molar-refractivity contribution in [1.29, 1.82) is 0 Å². The molecule has 0 heterocycles. The Morgan fingerprint density at radius 3 is 1.05 bits per heavy atom. The summed E-state index contributed by atoms with van der Waals surface area (Å²) < 4.78 is 9.38. The topological polar surface area (TPSA) is 52.6 Å². The van der Waals surface area contributed by atoms with E-state index >= 15 is 0 Å². The summed E-state index contributed by atoms with van der Waals surface area (Å²) in [5, 5.41) is 0. The molecule has 4 heteroatoms. The first-order valence-corrected chi connectivity index (χ1v) is 5.60. The molecule has 0 aliphatic carbocycles. The molecule has 0 bridgehead atoms. The average molecular weight is 282 g/mol. The smallest absolute Gasteiger partial charge is 0.333 e. The molecule has 0 aliphatic rings. The van der Waals surface area contributed by atoms with Crippen LogP contribution in [0.25, 0.3) is 0 Å². The lowest BCUT2D eigenvalue weighted by Crippen LogP contribution is -2.14. The molecule has 0 fully saturated rings. The van der Waals surface area contributed by atoms with Gasteiger partial charge in [0.25, 0.3) is 0 Å². The van der Waals surface area contributed by atoms with E-state index < -0.39 is 11.9 Å². The largest absolute Gasteiger partial charge is 0.459 e. The maximum atomic E-state index is 10.8. The van der Waals surface area contributed by atoms with E-state index in [9.17, 15) is 9.59 Å². The van der Waals surface area contributed by atoms with Crippen LogP contribution in [-0.4, -0.2) is 25.2 Å². The second-order valence-electron chi connectivity index (χ2n) is 2.83. The first-order chi connectivity index (χ1) is 9.45. The van der Waals surface area contributed by atoms with Crippen molar-refractivity contribution in [2.24, 2.45) is 0 Å². The lowest BCUT2D eigenvalue weighted by Gasteiger charge is -2.05. The van der Waals surface area contributed by atoms with E-state index in [1.807, 2.05) is 0 Å². The highest BCUT2D eigenvalue weighted by Gasteiger charge is 2.05. The van der Waals surface area contributed by atoms with Gasteiger partial charge in [-0.1, -0.05) is 13.2 Å². The van der Waals surface area contributed by atoms with Crippen LogP contribution in [0.4, 0.5) is 0 Å². The van der Waals surface area contributed by atoms with Crippen molar-refractivity contribution in [3.8, 4) is 0 Å². The van der Waals surface area contributed by atoms with Gasteiger partial charge in [-0.25, -0.2) is 9.59 Å². The molecule has 0 radical (unpaired) electrons. The fourth-order valence-electron chi connectivity index (χ4n) is 0.515. The molecule has 0 N–H and O–H groups in total. The van der Waals surface area contributed by atoms with Crippen molar-refractivity contribution in [2.75, 3.05) is 13.2 Å². The molecule has 0 spiro atoms. The SMILES string of the molecule is C=C.C=C.C=C.C=C(C)C(=O)OCCOC(=O)C(=C)C. The minimum absolute atomic E-state index is 0.0325. The number of rotatable bonds is 5. The minimum atomic E-state index is -0.489. The van der Waals surface area contributed by atoms with Crippen LogP contribution in [0.1, 0.15) is 13.8 Å². The highest BCUT2D eigenvalue weighted by atomic mass is 16.6. The van der Waals surface area contributed by atoms with Gasteiger partial charge in [0.1, 0.15) is 13.2 Å². The Balaban J connectivity index is -0.000000187. The Morgan fingerprint density at radius 2 is 0.900 bits per heavy atom. The van der Waals surface area contributed by atoms with E-state index in [0.29, 0.717) is 11.1 Å². The molecule has 0 atom stereocenters. The lowest BCUT2D eigenvalue weighted by molar-refractivity contribution is -0.147. The summed E-state index contributed by atoms with van der Waals surface area (Å²) in [5.74, 6) is -0.979. The molecule has 20 heavy (non-hydrogen) atoms. The summed E-state index contributed by atoms with van der Waals surface area (Å²) >= 11 is 0. The number of carbonyl (C=O) groups excluding carboxylic acids is 2. The zero-order chi connectivity index (χ0) is 17.1. The zero-order valence-electron chi connectivity index (χ0n) is 12.7. The van der Waals surface area contributed by atoms with E-state index in [0.717, 1.165) is 0 Å². The fraction of sp³-hybridized carbons (Fsp3) is 0.250. The molecule has 0 unspecified atom stereocenters. The highest BCUT2D eigenvalue weighted by Crippen LogP contribution is 1.94. The van der Waals surface area contributed by atoms with Crippen molar-refractivity contribution in [2.45, 2.75) is 13.8 Å². The standard InChI is InChI=1S/C10H14O4.3C2H4/c1-7(2)9(11)13-5-6-14-10(12)8(3)4;3*1-2/h1,3,5-6H2,2,4H3;3*1-2H2. The molecule has 0 aromatic rings. The van der Waals surface area contributed by atoms with Gasteiger partial charge in [0.15, 0.2) is 0 Å². The van der Waals surface area contributed by atoms with Crippen LogP contribution in [0, 0.1) is 0 Å². The summed E-state index contributed by atoms with van der Waals surface area (Å²) in [4.78, 5) is 21.7. The Morgan fingerprint density at radius 1 is 0.700 bits per heavy atom. The van der Waals surface area contributed by atoms with E-state index in [1.54, 1.807) is 13.8 Å². The fourth-order valence-corrected chi connectivity index (χ4v) is 0.515. The second kappa shape index (κ2) is 21.9. The van der Waals surface area contributed by atoms with Crippen LogP contribution in [0.15, 0.2) is 63.8 Å². The van der Waals surface area contributed by atoms with Crippen LogP contribution in [0.3, 0.4) is 0 Å². The summed E-state index contributed by atoms with van der Waals surface area (Å²) in [6.45, 7) is 28.0. The van der Waals surface area contributed by atoms with Gasteiger partial charge in [-0.05, 0) is 13.8 Å². The third-order valence-corrected chi connectivity index (χ3v) is 1.25. The molecule has 0 aliphatic heterocycles. The lowest BCUT2D eigenvalue weighted by atomic mass is 10.4. The molecule has 0 saturated heterocycles. The molecule has 0 aromatic heterocycles. The maximum absolute atomic E-state index is 10.8. The highest BCUT2D eigenvalue weighted by molar-refractivity contribution is 5.87. The van der Waals surface area contributed by atoms with Crippen molar-refractivity contribution < 1.29 is 19.1 Å². The van der Waals surface area contributed by atoms with Crippen molar-refractivity contribution in [1.82, 2.24) is 0 Å². The summed E-state index contributed by atoms with van der Waals surface area (Å²) in [5.41, 5.74) is 0.632. The molecule has 0 rings (SSSR count). The maximum Gasteiger partial charge on any atom is 0.333 e. The van der Waals surface area contributed by atoms with E-state index in [1.165, 1.54) is 0 Å². The van der Waals surface area contributed by atoms with Crippen molar-refractivity contribution >= 4 is 11.9 Å². The van der Waals surface area contributed by atoms with Crippen LogP contribution in [0.5, 0.6) is 0 Å². The Bertz CT molecular complexity index is 273. The van der Waals surface area contributed by atoms with E-state index in [-0.39, 0.29) is 13.2 Å². The summed E-state index contributed by atoms with van der Waals surface area (Å²) in [6, 6.07) is 0. The Labute approximate surface area is 122 Å². The molecule has 0 amide bonds. The molecule has 0 aromatic carbocycles. The number of carbonyl (C=O) groups is 2. The third kappa shape index (κ3) is 21.0. The third-order valence-electron chi connectivity index (χ3n) is 1.25. The van der Waals surface area contributed by atoms with Crippen LogP contribution in [0.2, 0.25) is 0 Å². The van der Waals surface area contributed by atoms with Gasteiger partial charge >= 0.3 is 11.9 Å². The first-order valence-electron chi connectivity index (χ1n) is 5.60. The quantitative estimate of drug-likeness (QED) is 0.334. The van der Waals surface area contributed by atoms with Crippen LogP contribution >= 0.6 is 0 Å². The van der Waals surface area contributed by atoms with Crippen molar-refractivity contribution in [3.05, 3.63) is 63.8 Å².